The molecule has 19 heavy (non-hydrogen) atoms. The molecule has 2 unspecified atom stereocenters. The number of nitrogens with two attached hydrogens (primary N) is 1. The summed E-state index contributed by atoms with van der Waals surface area (Å²) < 4.78 is 38.7. The van der Waals surface area contributed by atoms with Gasteiger partial charge in [0.05, 0.1) is 5.52 Å². The highest BCUT2D eigenvalue weighted by molar-refractivity contribution is 8.00. The number of halogens is 3. The van der Waals surface area contributed by atoms with Crippen molar-refractivity contribution in [2.45, 2.75) is 29.4 Å². The fourth-order valence-electron chi connectivity index (χ4n) is 1.67. The van der Waals surface area contributed by atoms with E-state index in [-0.39, 0.29) is 0 Å². The Hall–Kier alpha value is -1.34. The van der Waals surface area contributed by atoms with Gasteiger partial charge in [-0.1, -0.05) is 30.0 Å². The molecule has 0 amide bonds. The molecule has 1 heterocycles. The maximum Gasteiger partial charge on any atom is 0.402 e. The van der Waals surface area contributed by atoms with Gasteiger partial charge in [-0.3, -0.25) is 0 Å². The molecule has 1 aromatic heterocycles. The predicted molar refractivity (Wildman–Crippen MR) is 68.9 cm³/mol. The van der Waals surface area contributed by atoms with E-state index in [1.807, 2.05) is 0 Å². The highest BCUT2D eigenvalue weighted by atomic mass is 32.2. The van der Waals surface area contributed by atoms with Crippen molar-refractivity contribution in [1.82, 2.24) is 9.97 Å². The molecular formula is C12H12F3N3S. The molecule has 0 bridgehead atoms. The molecule has 0 aliphatic rings. The first-order chi connectivity index (χ1) is 8.89. The summed E-state index contributed by atoms with van der Waals surface area (Å²) >= 11 is 0.632. The van der Waals surface area contributed by atoms with Crippen LogP contribution >= 0.6 is 11.8 Å². The van der Waals surface area contributed by atoms with E-state index in [9.17, 15) is 13.2 Å². The summed E-state index contributed by atoms with van der Waals surface area (Å²) in [6.07, 6.45) is -3.11. The average Bonchev–Trinajstić information content (AvgIpc) is 2.34. The monoisotopic (exact) mass is 287 g/mol. The summed E-state index contributed by atoms with van der Waals surface area (Å²) in [7, 11) is 0. The Morgan fingerprint density at radius 1 is 1.21 bits per heavy atom. The van der Waals surface area contributed by atoms with Gasteiger partial charge in [0.25, 0.3) is 0 Å². The van der Waals surface area contributed by atoms with E-state index in [1.165, 1.54) is 13.3 Å². The first-order valence-electron chi connectivity index (χ1n) is 5.58. The number of alkyl halides is 3. The van der Waals surface area contributed by atoms with Crippen LogP contribution in [-0.4, -0.2) is 27.4 Å². The summed E-state index contributed by atoms with van der Waals surface area (Å²) in [6, 6.07) is 5.93. The van der Waals surface area contributed by atoms with Crippen molar-refractivity contribution in [3.8, 4) is 0 Å². The van der Waals surface area contributed by atoms with Gasteiger partial charge in [-0.2, -0.15) is 13.2 Å². The van der Waals surface area contributed by atoms with E-state index in [1.54, 1.807) is 24.3 Å². The summed E-state index contributed by atoms with van der Waals surface area (Å²) in [5.74, 6) is 0. The van der Waals surface area contributed by atoms with Crippen molar-refractivity contribution in [3.05, 3.63) is 30.6 Å². The maximum atomic E-state index is 12.9. The average molecular weight is 287 g/mol. The number of thioether (sulfide) groups is 1. The summed E-state index contributed by atoms with van der Waals surface area (Å²) in [5.41, 5.74) is 6.05. The third-order valence-electron chi connectivity index (χ3n) is 2.55. The van der Waals surface area contributed by atoms with Gasteiger partial charge in [0, 0.05) is 11.4 Å². The summed E-state index contributed by atoms with van der Waals surface area (Å²) in [4.78, 5) is 7.96. The number of hydrogen-bond acceptors (Lipinski definition) is 4. The standard InChI is InChI=1S/C12H12F3N3S/c1-7(16)10(12(13,14)15)19-11-8-4-2-3-5-9(8)17-6-18-11/h2-7,10H,16H2,1H3. The number of hydrogen-bond donors (Lipinski definition) is 1. The predicted octanol–water partition coefficient (Wildman–Crippen LogP) is 3.00. The van der Waals surface area contributed by atoms with E-state index in [0.717, 1.165) is 0 Å². The molecule has 7 heteroatoms. The van der Waals surface area contributed by atoms with Crippen LogP contribution in [0.2, 0.25) is 0 Å². The second-order valence-corrected chi connectivity index (χ2v) is 5.27. The van der Waals surface area contributed by atoms with Crippen LogP contribution in [0.4, 0.5) is 13.2 Å². The Morgan fingerprint density at radius 3 is 2.53 bits per heavy atom. The molecule has 2 aromatic rings. The fraction of sp³-hybridized carbons (Fsp3) is 0.333. The first-order valence-corrected chi connectivity index (χ1v) is 6.46. The zero-order valence-corrected chi connectivity index (χ0v) is 10.9. The molecule has 3 nitrogen and oxygen atoms in total. The molecule has 1 aromatic carbocycles. The van der Waals surface area contributed by atoms with Gasteiger partial charge >= 0.3 is 6.18 Å². The van der Waals surface area contributed by atoms with Crippen molar-refractivity contribution in [2.75, 3.05) is 0 Å². The smallest absolute Gasteiger partial charge is 0.327 e. The molecule has 0 aliphatic heterocycles. The lowest BCUT2D eigenvalue weighted by atomic mass is 10.2. The van der Waals surface area contributed by atoms with Crippen LogP contribution in [0.25, 0.3) is 10.9 Å². The van der Waals surface area contributed by atoms with Crippen molar-refractivity contribution >= 4 is 22.7 Å². The van der Waals surface area contributed by atoms with Gasteiger partial charge in [-0.05, 0) is 13.0 Å². The van der Waals surface area contributed by atoms with Gasteiger partial charge in [0.2, 0.25) is 0 Å². The van der Waals surface area contributed by atoms with Crippen LogP contribution in [0, 0.1) is 0 Å². The van der Waals surface area contributed by atoms with Gasteiger partial charge in [-0.15, -0.1) is 0 Å². The van der Waals surface area contributed by atoms with E-state index in [4.69, 9.17) is 5.73 Å². The Balaban J connectivity index is 2.40. The Bertz CT molecular complexity index is 566. The molecule has 0 radical (unpaired) electrons. The third kappa shape index (κ3) is 3.16. The first kappa shape index (κ1) is 14.1. The minimum atomic E-state index is -4.37. The van der Waals surface area contributed by atoms with Crippen molar-refractivity contribution in [2.24, 2.45) is 5.73 Å². The number of fused-ring (bicyclic) bond motifs is 1. The van der Waals surface area contributed by atoms with Crippen LogP contribution in [-0.2, 0) is 0 Å². The molecular weight excluding hydrogens is 275 g/mol. The zero-order valence-electron chi connectivity index (χ0n) is 10.1. The van der Waals surface area contributed by atoms with Crippen LogP contribution in [0.1, 0.15) is 6.92 Å². The second kappa shape index (κ2) is 5.34. The molecule has 0 spiro atoms. The minimum absolute atomic E-state index is 0.297. The van der Waals surface area contributed by atoms with Gasteiger partial charge in [0.1, 0.15) is 16.6 Å². The number of nitrogens with zero attached hydrogens (tertiary/aromatic N) is 2. The van der Waals surface area contributed by atoms with E-state index in [0.29, 0.717) is 27.7 Å². The van der Waals surface area contributed by atoms with Crippen LogP contribution in [0.3, 0.4) is 0 Å². The van der Waals surface area contributed by atoms with Crippen molar-refractivity contribution in [3.63, 3.8) is 0 Å². The minimum Gasteiger partial charge on any atom is -0.327 e. The number of rotatable bonds is 3. The number of aromatic nitrogens is 2. The summed E-state index contributed by atoms with van der Waals surface area (Å²) in [5, 5.41) is -0.791. The van der Waals surface area contributed by atoms with Gasteiger partial charge in [0.15, 0.2) is 0 Å². The molecule has 0 saturated carbocycles. The lowest BCUT2D eigenvalue weighted by molar-refractivity contribution is -0.131. The number of benzene rings is 1. The SMILES string of the molecule is CC(N)C(Sc1ncnc2ccccc12)C(F)(F)F. The van der Waals surface area contributed by atoms with E-state index < -0.39 is 17.5 Å². The molecule has 2 N–H and O–H groups in total. The fourth-order valence-corrected chi connectivity index (χ4v) is 2.66. The largest absolute Gasteiger partial charge is 0.402 e. The Labute approximate surface area is 112 Å². The molecule has 0 fully saturated rings. The molecule has 2 atom stereocenters. The number of para-hydroxylation sites is 1. The molecule has 0 saturated heterocycles. The molecule has 102 valence electrons. The highest BCUT2D eigenvalue weighted by Crippen LogP contribution is 2.37. The van der Waals surface area contributed by atoms with Crippen LogP contribution < -0.4 is 5.73 Å². The topological polar surface area (TPSA) is 51.8 Å². The van der Waals surface area contributed by atoms with Gasteiger partial charge in [-0.25, -0.2) is 9.97 Å². The summed E-state index contributed by atoms with van der Waals surface area (Å²) in [6.45, 7) is 1.34. The Kier molecular flexibility index (Phi) is 3.96. The maximum absolute atomic E-state index is 12.9. The Morgan fingerprint density at radius 2 is 1.89 bits per heavy atom. The normalized spacial score (nSPS) is 15.4. The third-order valence-corrected chi connectivity index (χ3v) is 4.04. The zero-order chi connectivity index (χ0) is 14.0. The lowest BCUT2D eigenvalue weighted by Crippen LogP contribution is -2.40. The molecule has 2 rings (SSSR count). The van der Waals surface area contributed by atoms with E-state index >= 15 is 0 Å². The molecule has 0 aliphatic carbocycles. The second-order valence-electron chi connectivity index (χ2n) is 4.14. The van der Waals surface area contributed by atoms with Gasteiger partial charge < -0.3 is 5.73 Å². The quantitative estimate of drug-likeness (QED) is 0.696. The highest BCUT2D eigenvalue weighted by Gasteiger charge is 2.43. The van der Waals surface area contributed by atoms with Crippen molar-refractivity contribution in [1.29, 1.82) is 0 Å². The van der Waals surface area contributed by atoms with Crippen LogP contribution in [0.5, 0.6) is 0 Å². The van der Waals surface area contributed by atoms with Crippen LogP contribution in [0.15, 0.2) is 35.6 Å². The van der Waals surface area contributed by atoms with E-state index in [2.05, 4.69) is 9.97 Å². The van der Waals surface area contributed by atoms with Crippen molar-refractivity contribution < 1.29 is 13.2 Å². The lowest BCUT2D eigenvalue weighted by Gasteiger charge is -2.22.